The zero-order valence-electron chi connectivity index (χ0n) is 18.0. The van der Waals surface area contributed by atoms with E-state index >= 15 is 0 Å². The molecule has 0 aliphatic carbocycles. The van der Waals surface area contributed by atoms with Gasteiger partial charge in [-0.3, -0.25) is 14.8 Å². The van der Waals surface area contributed by atoms with Gasteiger partial charge in [-0.2, -0.15) is 5.10 Å². The van der Waals surface area contributed by atoms with E-state index in [1.807, 2.05) is 18.2 Å². The lowest BCUT2D eigenvalue weighted by molar-refractivity contribution is 0.400. The van der Waals surface area contributed by atoms with E-state index in [4.69, 9.17) is 4.74 Å². The van der Waals surface area contributed by atoms with Crippen molar-refractivity contribution in [1.29, 1.82) is 0 Å². The first-order valence-corrected chi connectivity index (χ1v) is 11.6. The summed E-state index contributed by atoms with van der Waals surface area (Å²) in [6.45, 7) is 0. The second-order valence-electron chi connectivity index (χ2n) is 7.39. The summed E-state index contributed by atoms with van der Waals surface area (Å²) in [6.07, 6.45) is 6.38. The number of pyridine rings is 3. The molecule has 0 unspecified atom stereocenters. The smallest absolute Gasteiger partial charge is 0.264 e. The van der Waals surface area contributed by atoms with Crippen LogP contribution < -0.4 is 9.46 Å². The molecule has 0 radical (unpaired) electrons. The fourth-order valence-electron chi connectivity index (χ4n) is 3.53. The molecule has 0 spiro atoms. The monoisotopic (exact) mass is 494 g/mol. The average Bonchev–Trinajstić information content (AvgIpc) is 3.27. The number of aromatic amines is 1. The summed E-state index contributed by atoms with van der Waals surface area (Å²) in [5.74, 6) is -2.15. The lowest BCUT2D eigenvalue weighted by Crippen LogP contribution is -2.15. The van der Waals surface area contributed by atoms with Crippen molar-refractivity contribution in [2.45, 2.75) is 4.90 Å². The molecule has 0 atom stereocenters. The van der Waals surface area contributed by atoms with Gasteiger partial charge in [0.1, 0.15) is 22.2 Å². The van der Waals surface area contributed by atoms with E-state index < -0.39 is 26.6 Å². The normalized spacial score (nSPS) is 11.5. The highest BCUT2D eigenvalue weighted by molar-refractivity contribution is 7.92. The van der Waals surface area contributed by atoms with Crippen LogP contribution in [0.25, 0.3) is 33.4 Å². The predicted molar refractivity (Wildman–Crippen MR) is 124 cm³/mol. The number of methoxy groups -OCH3 is 1. The second kappa shape index (κ2) is 8.72. The van der Waals surface area contributed by atoms with Gasteiger partial charge in [-0.1, -0.05) is 0 Å². The van der Waals surface area contributed by atoms with Crippen LogP contribution in [0.3, 0.4) is 0 Å². The number of fused-ring (bicyclic) bond motifs is 1. The molecule has 0 bridgehead atoms. The number of ether oxygens (including phenoxy) is 1. The van der Waals surface area contributed by atoms with E-state index in [0.717, 1.165) is 28.8 Å². The minimum absolute atomic E-state index is 0.0321. The van der Waals surface area contributed by atoms with Gasteiger partial charge in [0.15, 0.2) is 5.65 Å². The Kier molecular flexibility index (Phi) is 5.57. The lowest BCUT2D eigenvalue weighted by Gasteiger charge is -2.13. The zero-order chi connectivity index (χ0) is 24.6. The van der Waals surface area contributed by atoms with Gasteiger partial charge in [-0.05, 0) is 36.4 Å². The first kappa shape index (κ1) is 22.3. The summed E-state index contributed by atoms with van der Waals surface area (Å²) >= 11 is 0. The van der Waals surface area contributed by atoms with Crippen molar-refractivity contribution in [3.05, 3.63) is 78.9 Å². The summed E-state index contributed by atoms with van der Waals surface area (Å²) in [4.78, 5) is 11.9. The predicted octanol–water partition coefficient (Wildman–Crippen LogP) is 4.17. The largest absolute Gasteiger partial charge is 0.480 e. The zero-order valence-corrected chi connectivity index (χ0v) is 18.8. The quantitative estimate of drug-likeness (QED) is 0.363. The average molecular weight is 494 g/mol. The number of halogens is 2. The van der Waals surface area contributed by atoms with Crippen LogP contribution in [0.1, 0.15) is 0 Å². The van der Waals surface area contributed by atoms with Crippen LogP contribution in [0.5, 0.6) is 5.88 Å². The van der Waals surface area contributed by atoms with Crippen LogP contribution in [-0.4, -0.2) is 40.7 Å². The number of hydrogen-bond donors (Lipinski definition) is 2. The number of nitrogens with one attached hydrogen (secondary N) is 2. The van der Waals surface area contributed by atoms with Crippen molar-refractivity contribution in [3.8, 4) is 28.3 Å². The van der Waals surface area contributed by atoms with E-state index in [-0.39, 0.29) is 11.6 Å². The van der Waals surface area contributed by atoms with Crippen molar-refractivity contribution in [2.75, 3.05) is 11.8 Å². The van der Waals surface area contributed by atoms with E-state index in [0.29, 0.717) is 22.8 Å². The molecule has 4 aromatic heterocycles. The molecule has 0 aliphatic rings. The van der Waals surface area contributed by atoms with E-state index in [1.54, 1.807) is 18.6 Å². The Bertz CT molecular complexity index is 1660. The van der Waals surface area contributed by atoms with E-state index in [9.17, 15) is 17.2 Å². The molecule has 2 N–H and O–H groups in total. The Labute approximate surface area is 197 Å². The van der Waals surface area contributed by atoms with Crippen molar-refractivity contribution in [2.24, 2.45) is 0 Å². The Morgan fingerprint density at radius 2 is 1.69 bits per heavy atom. The van der Waals surface area contributed by atoms with Gasteiger partial charge in [-0.15, -0.1) is 0 Å². The SMILES string of the molecule is COc1ncc(-c2cnc3n[nH]c(-c4ccncc4)c3c2)cc1NS(=O)(=O)c1ccc(F)cc1F. The third kappa shape index (κ3) is 4.26. The Morgan fingerprint density at radius 1 is 0.943 bits per heavy atom. The highest BCUT2D eigenvalue weighted by Crippen LogP contribution is 2.33. The van der Waals surface area contributed by atoms with Crippen LogP contribution in [0, 0.1) is 11.6 Å². The van der Waals surface area contributed by atoms with Gasteiger partial charge in [0.05, 0.1) is 12.8 Å². The number of H-pyrrole nitrogens is 1. The molecule has 0 amide bonds. The minimum Gasteiger partial charge on any atom is -0.480 e. The maximum Gasteiger partial charge on any atom is 0.264 e. The minimum atomic E-state index is -4.41. The molecular weight excluding hydrogens is 478 g/mol. The molecule has 35 heavy (non-hydrogen) atoms. The molecule has 0 aliphatic heterocycles. The number of hydrogen-bond acceptors (Lipinski definition) is 7. The van der Waals surface area contributed by atoms with Gasteiger partial charge in [0.2, 0.25) is 5.88 Å². The molecule has 1 aromatic carbocycles. The van der Waals surface area contributed by atoms with E-state index in [2.05, 4.69) is 29.9 Å². The topological polar surface area (TPSA) is 123 Å². The molecule has 12 heteroatoms. The van der Waals surface area contributed by atoms with Crippen LogP contribution in [0.15, 0.2) is 72.1 Å². The first-order valence-electron chi connectivity index (χ1n) is 10.1. The third-order valence-corrected chi connectivity index (χ3v) is 6.58. The van der Waals surface area contributed by atoms with Crippen LogP contribution in [0.2, 0.25) is 0 Å². The van der Waals surface area contributed by atoms with Crippen molar-refractivity contribution in [3.63, 3.8) is 0 Å². The number of sulfonamides is 1. The molecule has 0 saturated carbocycles. The van der Waals surface area contributed by atoms with Crippen molar-refractivity contribution in [1.82, 2.24) is 25.1 Å². The van der Waals surface area contributed by atoms with Crippen LogP contribution >= 0.6 is 0 Å². The first-order chi connectivity index (χ1) is 16.9. The molecular formula is C23H16F2N6O3S. The van der Waals surface area contributed by atoms with Crippen molar-refractivity contribution < 1.29 is 21.9 Å². The molecule has 5 aromatic rings. The molecule has 176 valence electrons. The number of aromatic nitrogens is 5. The Balaban J connectivity index is 1.56. The molecule has 5 rings (SSSR count). The second-order valence-corrected chi connectivity index (χ2v) is 9.04. The molecule has 0 saturated heterocycles. The fraction of sp³-hybridized carbons (Fsp3) is 0.0435. The summed E-state index contributed by atoms with van der Waals surface area (Å²) in [6, 6.07) is 9.17. The third-order valence-electron chi connectivity index (χ3n) is 5.18. The van der Waals surface area contributed by atoms with Gasteiger partial charge in [-0.25, -0.2) is 27.2 Å². The van der Waals surface area contributed by atoms with Crippen LogP contribution in [-0.2, 0) is 10.0 Å². The number of nitrogens with zero attached hydrogens (tertiary/aromatic N) is 4. The fourth-order valence-corrected chi connectivity index (χ4v) is 4.64. The Hall–Kier alpha value is -4.45. The summed E-state index contributed by atoms with van der Waals surface area (Å²) < 4.78 is 60.4. The number of anilines is 1. The summed E-state index contributed by atoms with van der Waals surface area (Å²) in [7, 11) is -3.09. The van der Waals surface area contributed by atoms with E-state index in [1.165, 1.54) is 19.4 Å². The molecule has 9 nitrogen and oxygen atoms in total. The molecule has 4 heterocycles. The maximum absolute atomic E-state index is 14.1. The summed E-state index contributed by atoms with van der Waals surface area (Å²) in [5, 5.41) is 7.93. The Morgan fingerprint density at radius 3 is 2.43 bits per heavy atom. The van der Waals surface area contributed by atoms with Crippen LogP contribution in [0.4, 0.5) is 14.5 Å². The maximum atomic E-state index is 14.1. The van der Waals surface area contributed by atoms with Gasteiger partial charge in [0, 0.05) is 52.9 Å². The number of benzene rings is 1. The van der Waals surface area contributed by atoms with Gasteiger partial charge >= 0.3 is 0 Å². The number of rotatable bonds is 6. The van der Waals surface area contributed by atoms with Crippen molar-refractivity contribution >= 4 is 26.7 Å². The summed E-state index contributed by atoms with van der Waals surface area (Å²) in [5.41, 5.74) is 3.21. The molecule has 0 fully saturated rings. The lowest BCUT2D eigenvalue weighted by atomic mass is 10.1. The van der Waals surface area contributed by atoms with Gasteiger partial charge < -0.3 is 4.74 Å². The van der Waals surface area contributed by atoms with Gasteiger partial charge in [0.25, 0.3) is 10.0 Å². The standard InChI is InChI=1S/C23H16F2N6O3S/c1-34-23-19(31-35(32,33)20-3-2-16(24)10-18(20)25)9-15(12-28-23)14-8-17-21(13-4-6-26-7-5-13)29-30-22(17)27-11-14/h2-12,31H,1H3,(H,27,29,30). The highest BCUT2D eigenvalue weighted by Gasteiger charge is 2.22. The highest BCUT2D eigenvalue weighted by atomic mass is 32.2.